The Kier molecular flexibility index (Phi) is 6.93. The van der Waals surface area contributed by atoms with Gasteiger partial charge in [-0.15, -0.1) is 0 Å². The first-order valence-corrected chi connectivity index (χ1v) is 10.4. The van der Waals surface area contributed by atoms with Crippen molar-refractivity contribution in [2.75, 3.05) is 7.11 Å². The van der Waals surface area contributed by atoms with Crippen molar-refractivity contribution in [3.8, 4) is 0 Å². The van der Waals surface area contributed by atoms with E-state index in [4.69, 9.17) is 14.2 Å². The molecular formula is C22H34O4. The van der Waals surface area contributed by atoms with Gasteiger partial charge in [0.25, 0.3) is 0 Å². The molecule has 1 saturated carbocycles. The molecule has 0 spiro atoms. The molecular weight excluding hydrogens is 328 g/mol. The van der Waals surface area contributed by atoms with E-state index >= 15 is 0 Å². The predicted octanol–water partition coefficient (Wildman–Crippen LogP) is 4.58. The van der Waals surface area contributed by atoms with Crippen LogP contribution in [0.15, 0.2) is 23.8 Å². The zero-order valence-electron chi connectivity index (χ0n) is 16.5. The van der Waals surface area contributed by atoms with Crippen LogP contribution in [0, 0.1) is 11.8 Å². The summed E-state index contributed by atoms with van der Waals surface area (Å²) in [5, 5.41) is 0. The topological polar surface area (TPSA) is 44.8 Å². The summed E-state index contributed by atoms with van der Waals surface area (Å²) in [5.41, 5.74) is 1.21. The van der Waals surface area contributed by atoms with Gasteiger partial charge in [-0.2, -0.15) is 0 Å². The van der Waals surface area contributed by atoms with Gasteiger partial charge >= 0.3 is 5.97 Å². The van der Waals surface area contributed by atoms with Gasteiger partial charge in [0.05, 0.1) is 12.2 Å². The number of rotatable bonds is 8. The number of methoxy groups -OCH3 is 1. The van der Waals surface area contributed by atoms with E-state index < -0.39 is 6.10 Å². The van der Waals surface area contributed by atoms with E-state index in [1.54, 1.807) is 7.11 Å². The molecule has 26 heavy (non-hydrogen) atoms. The summed E-state index contributed by atoms with van der Waals surface area (Å²) in [6, 6.07) is 0. The molecule has 0 aromatic rings. The number of allylic oxidation sites excluding steroid dienone is 1. The molecule has 2 aliphatic heterocycles. The van der Waals surface area contributed by atoms with Crippen LogP contribution in [-0.2, 0) is 19.0 Å². The van der Waals surface area contributed by atoms with Crippen LogP contribution in [0.4, 0.5) is 0 Å². The maximum absolute atomic E-state index is 12.5. The Labute approximate surface area is 158 Å². The van der Waals surface area contributed by atoms with Crippen molar-refractivity contribution < 1.29 is 19.0 Å². The third-order valence-corrected chi connectivity index (χ3v) is 6.17. The highest BCUT2D eigenvalue weighted by molar-refractivity contribution is 5.77. The number of unbranched alkanes of at least 4 members (excludes halogenated alkanes) is 5. The smallest absolute Gasteiger partial charge is 0.336 e. The third kappa shape index (κ3) is 4.40. The zero-order chi connectivity index (χ0) is 18.5. The molecule has 2 heterocycles. The van der Waals surface area contributed by atoms with Gasteiger partial charge in [-0.1, -0.05) is 50.8 Å². The van der Waals surface area contributed by atoms with Crippen LogP contribution >= 0.6 is 0 Å². The molecule has 4 heteroatoms. The third-order valence-electron chi connectivity index (χ3n) is 6.17. The van der Waals surface area contributed by atoms with Crippen LogP contribution in [0.5, 0.6) is 0 Å². The van der Waals surface area contributed by atoms with Crippen molar-refractivity contribution >= 4 is 5.97 Å². The molecule has 3 rings (SSSR count). The fourth-order valence-corrected chi connectivity index (χ4v) is 4.62. The van der Waals surface area contributed by atoms with Gasteiger partial charge in [-0.25, -0.2) is 4.79 Å². The second-order valence-corrected chi connectivity index (χ2v) is 8.06. The highest BCUT2D eigenvalue weighted by atomic mass is 16.6. The summed E-state index contributed by atoms with van der Waals surface area (Å²) in [7, 11) is 1.74. The van der Waals surface area contributed by atoms with Crippen molar-refractivity contribution in [2.45, 2.75) is 89.6 Å². The summed E-state index contributed by atoms with van der Waals surface area (Å²) in [6.45, 7) is 4.35. The molecule has 1 saturated heterocycles. The first-order chi connectivity index (χ1) is 12.6. The van der Waals surface area contributed by atoms with E-state index in [2.05, 4.69) is 32.1 Å². The van der Waals surface area contributed by atoms with E-state index in [-0.39, 0.29) is 30.2 Å². The maximum Gasteiger partial charge on any atom is 0.336 e. The first kappa shape index (κ1) is 19.6. The molecule has 0 aromatic heterocycles. The van der Waals surface area contributed by atoms with Crippen LogP contribution in [0.2, 0.25) is 0 Å². The molecule has 0 radical (unpaired) electrons. The minimum Gasteiger partial charge on any atom is -0.460 e. The Balaban J connectivity index is 1.58. The summed E-state index contributed by atoms with van der Waals surface area (Å²) >= 11 is 0. The number of esters is 1. The van der Waals surface area contributed by atoms with Gasteiger partial charge in [0.1, 0.15) is 6.10 Å². The Hall–Kier alpha value is -1.13. The lowest BCUT2D eigenvalue weighted by molar-refractivity contribution is -0.185. The zero-order valence-corrected chi connectivity index (χ0v) is 16.5. The van der Waals surface area contributed by atoms with E-state index in [1.165, 1.54) is 37.7 Å². The van der Waals surface area contributed by atoms with Gasteiger partial charge in [0.15, 0.2) is 6.10 Å². The van der Waals surface area contributed by atoms with Gasteiger partial charge in [-0.3, -0.25) is 0 Å². The minimum absolute atomic E-state index is 0.0171. The second-order valence-electron chi connectivity index (χ2n) is 8.06. The summed E-state index contributed by atoms with van der Waals surface area (Å²) in [6.07, 6.45) is 15.5. The van der Waals surface area contributed by atoms with Crippen molar-refractivity contribution in [2.24, 2.45) is 11.8 Å². The van der Waals surface area contributed by atoms with E-state index in [1.807, 2.05) is 0 Å². The fourth-order valence-electron chi connectivity index (χ4n) is 4.62. The van der Waals surface area contributed by atoms with E-state index in [0.29, 0.717) is 5.92 Å². The largest absolute Gasteiger partial charge is 0.460 e. The first-order valence-electron chi connectivity index (χ1n) is 10.4. The maximum atomic E-state index is 12.5. The average molecular weight is 363 g/mol. The lowest BCUT2D eigenvalue weighted by atomic mass is 9.79. The molecule has 4 nitrogen and oxygen atoms in total. The number of carbonyl (C=O) groups is 1. The number of fused-ring (bicyclic) bond motifs is 3. The average Bonchev–Trinajstić information content (AvgIpc) is 3.05. The lowest BCUT2D eigenvalue weighted by Gasteiger charge is -2.41. The van der Waals surface area contributed by atoms with Crippen molar-refractivity contribution in [1.82, 2.24) is 0 Å². The van der Waals surface area contributed by atoms with Gasteiger partial charge in [0.2, 0.25) is 0 Å². The highest BCUT2D eigenvalue weighted by Crippen LogP contribution is 2.44. The van der Waals surface area contributed by atoms with E-state index in [0.717, 1.165) is 19.3 Å². The van der Waals surface area contributed by atoms with Crippen LogP contribution in [0.1, 0.15) is 65.2 Å². The molecule has 0 unspecified atom stereocenters. The molecule has 146 valence electrons. The second kappa shape index (κ2) is 9.18. The molecule has 2 fully saturated rings. The van der Waals surface area contributed by atoms with Crippen LogP contribution in [0.25, 0.3) is 0 Å². The van der Waals surface area contributed by atoms with Crippen molar-refractivity contribution in [3.63, 3.8) is 0 Å². The number of hydrogen-bond acceptors (Lipinski definition) is 4. The van der Waals surface area contributed by atoms with Crippen LogP contribution in [-0.4, -0.2) is 37.5 Å². The Morgan fingerprint density at radius 3 is 2.81 bits per heavy atom. The molecule has 1 aliphatic carbocycles. The minimum atomic E-state index is -0.463. The normalized spacial score (nSPS) is 36.6. The molecule has 0 bridgehead atoms. The van der Waals surface area contributed by atoms with Crippen molar-refractivity contribution in [3.05, 3.63) is 23.8 Å². The standard InChI is InChI=1S/C22H34O4/c1-4-5-6-7-8-9-10-11-19-15(2)12-18-17-13-16(24-3)14-20(17)26-22(23)21(18)25-19/h10-12,16-21H,4-9,13-14H2,1-3H3/b11-10+/t16-,17+,18+,19-,20-,21+/m0/s1. The quantitative estimate of drug-likeness (QED) is 0.360. The summed E-state index contributed by atoms with van der Waals surface area (Å²) in [5.74, 6) is 0.246. The Morgan fingerprint density at radius 2 is 2.04 bits per heavy atom. The van der Waals surface area contributed by atoms with Gasteiger partial charge in [-0.05, 0) is 31.8 Å². The van der Waals surface area contributed by atoms with Gasteiger partial charge in [0, 0.05) is 25.4 Å². The Morgan fingerprint density at radius 1 is 1.23 bits per heavy atom. The molecule has 0 amide bonds. The number of carbonyl (C=O) groups excluding carboxylic acids is 1. The predicted molar refractivity (Wildman–Crippen MR) is 102 cm³/mol. The van der Waals surface area contributed by atoms with Crippen molar-refractivity contribution in [1.29, 1.82) is 0 Å². The highest BCUT2D eigenvalue weighted by Gasteiger charge is 2.52. The fraction of sp³-hybridized carbons (Fsp3) is 0.773. The number of hydrogen-bond donors (Lipinski definition) is 0. The SMILES string of the molecule is CCCCCCC/C=C/[C@@H]1O[C@H]2C(=O)O[C@H]3C[C@@H](OC)C[C@@H]3[C@H]2C=C1C. The summed E-state index contributed by atoms with van der Waals surface area (Å²) < 4.78 is 17.3. The Bertz CT molecular complexity index is 538. The molecule has 0 aromatic carbocycles. The molecule has 3 aliphatic rings. The monoisotopic (exact) mass is 362 g/mol. The lowest BCUT2D eigenvalue weighted by Crippen LogP contribution is -2.50. The van der Waals surface area contributed by atoms with Gasteiger partial charge < -0.3 is 14.2 Å². The summed E-state index contributed by atoms with van der Waals surface area (Å²) in [4.78, 5) is 12.5. The molecule has 0 N–H and O–H groups in total. The van der Waals surface area contributed by atoms with E-state index in [9.17, 15) is 4.79 Å². The molecule has 6 atom stereocenters. The van der Waals surface area contributed by atoms with Crippen LogP contribution < -0.4 is 0 Å². The number of ether oxygens (including phenoxy) is 3. The van der Waals surface area contributed by atoms with Crippen LogP contribution in [0.3, 0.4) is 0 Å².